The molecule has 2 aromatic rings. The average molecular weight is 375 g/mol. The Morgan fingerprint density at radius 3 is 2.67 bits per heavy atom. The molecule has 2 aromatic carbocycles. The Balaban J connectivity index is 1.41. The van der Waals surface area contributed by atoms with Gasteiger partial charge >= 0.3 is 5.97 Å². The average Bonchev–Trinajstić information content (AvgIpc) is 3.13. The summed E-state index contributed by atoms with van der Waals surface area (Å²) in [4.78, 5) is 23.8. The van der Waals surface area contributed by atoms with Crippen LogP contribution in [-0.2, 0) is 20.9 Å². The van der Waals surface area contributed by atoms with E-state index in [0.717, 1.165) is 5.56 Å². The predicted octanol–water partition coefficient (Wildman–Crippen LogP) is 2.18. The van der Waals surface area contributed by atoms with Gasteiger partial charge in [-0.05, 0) is 48.9 Å². The van der Waals surface area contributed by atoms with Crippen molar-refractivity contribution in [3.05, 3.63) is 53.8 Å². The van der Waals surface area contributed by atoms with Gasteiger partial charge in [0.25, 0.3) is 5.91 Å². The fourth-order valence-corrected chi connectivity index (χ4v) is 2.34. The van der Waals surface area contributed by atoms with Crippen molar-refractivity contribution < 1.29 is 32.9 Å². The summed E-state index contributed by atoms with van der Waals surface area (Å²) >= 11 is 0. The first-order valence-corrected chi connectivity index (χ1v) is 8.25. The second-order valence-electron chi connectivity index (χ2n) is 5.78. The number of ether oxygens (including phenoxy) is 4. The van der Waals surface area contributed by atoms with Crippen molar-refractivity contribution in [2.24, 2.45) is 0 Å². The number of rotatable bonds is 7. The molecule has 0 aromatic heterocycles. The summed E-state index contributed by atoms with van der Waals surface area (Å²) in [6.07, 6.45) is -0.983. The highest BCUT2D eigenvalue weighted by atomic mass is 19.1. The van der Waals surface area contributed by atoms with Crippen LogP contribution in [0.4, 0.5) is 4.39 Å². The molecule has 1 heterocycles. The molecule has 3 rings (SSSR count). The van der Waals surface area contributed by atoms with Gasteiger partial charge in [-0.25, -0.2) is 9.18 Å². The zero-order valence-corrected chi connectivity index (χ0v) is 14.6. The Labute approximate surface area is 155 Å². The van der Waals surface area contributed by atoms with Crippen LogP contribution in [0.3, 0.4) is 0 Å². The van der Waals surface area contributed by atoms with E-state index in [1.807, 2.05) is 0 Å². The van der Waals surface area contributed by atoms with E-state index in [0.29, 0.717) is 17.2 Å². The van der Waals surface area contributed by atoms with E-state index in [9.17, 15) is 14.0 Å². The Bertz CT molecular complexity index is 823. The van der Waals surface area contributed by atoms with Gasteiger partial charge in [-0.15, -0.1) is 0 Å². The Morgan fingerprint density at radius 2 is 1.89 bits per heavy atom. The van der Waals surface area contributed by atoms with Crippen molar-refractivity contribution in [2.45, 2.75) is 19.6 Å². The summed E-state index contributed by atoms with van der Waals surface area (Å²) in [5.74, 6) is 0.0616. The number of nitrogens with one attached hydrogen (secondary N) is 1. The summed E-state index contributed by atoms with van der Waals surface area (Å²) in [6.45, 7) is 1.51. The van der Waals surface area contributed by atoms with Crippen LogP contribution in [-0.4, -0.2) is 31.4 Å². The first kappa shape index (κ1) is 18.5. The van der Waals surface area contributed by atoms with E-state index in [2.05, 4.69) is 5.32 Å². The van der Waals surface area contributed by atoms with E-state index in [-0.39, 0.29) is 19.9 Å². The second-order valence-corrected chi connectivity index (χ2v) is 5.78. The molecule has 0 radical (unpaired) electrons. The van der Waals surface area contributed by atoms with E-state index in [1.165, 1.54) is 31.2 Å². The van der Waals surface area contributed by atoms with Crippen LogP contribution >= 0.6 is 0 Å². The van der Waals surface area contributed by atoms with E-state index >= 15 is 0 Å². The number of amides is 1. The lowest BCUT2D eigenvalue weighted by Crippen LogP contribution is -2.36. The van der Waals surface area contributed by atoms with Crippen LogP contribution in [0, 0.1) is 5.82 Å². The molecule has 0 saturated heterocycles. The molecule has 0 bridgehead atoms. The summed E-state index contributed by atoms with van der Waals surface area (Å²) < 4.78 is 33.5. The quantitative estimate of drug-likeness (QED) is 0.747. The van der Waals surface area contributed by atoms with Crippen molar-refractivity contribution in [2.75, 3.05) is 13.4 Å². The third-order valence-corrected chi connectivity index (χ3v) is 3.75. The van der Waals surface area contributed by atoms with Gasteiger partial charge < -0.3 is 24.3 Å². The number of benzene rings is 2. The Kier molecular flexibility index (Phi) is 5.75. The molecule has 0 unspecified atom stereocenters. The minimum Gasteiger partial charge on any atom is -0.482 e. The van der Waals surface area contributed by atoms with Gasteiger partial charge in [-0.1, -0.05) is 6.07 Å². The number of halogens is 1. The number of carbonyl (C=O) groups excluding carboxylic acids is 2. The highest BCUT2D eigenvalue weighted by molar-refractivity contribution is 5.83. The summed E-state index contributed by atoms with van der Waals surface area (Å²) in [5.41, 5.74) is 0.825. The number of carbonyl (C=O) groups is 2. The lowest BCUT2D eigenvalue weighted by atomic mass is 10.2. The molecule has 0 saturated carbocycles. The van der Waals surface area contributed by atoms with E-state index in [1.54, 1.807) is 18.2 Å². The number of fused-ring (bicyclic) bond motifs is 1. The van der Waals surface area contributed by atoms with Crippen molar-refractivity contribution in [3.63, 3.8) is 0 Å². The maximum atomic E-state index is 12.8. The maximum Gasteiger partial charge on any atom is 0.344 e. The number of hydrogen-bond donors (Lipinski definition) is 1. The van der Waals surface area contributed by atoms with Crippen LogP contribution in [0.25, 0.3) is 0 Å². The normalized spacial score (nSPS) is 13.0. The van der Waals surface area contributed by atoms with E-state index < -0.39 is 23.8 Å². The largest absolute Gasteiger partial charge is 0.482 e. The van der Waals surface area contributed by atoms with Gasteiger partial charge in [-0.2, -0.15) is 0 Å². The van der Waals surface area contributed by atoms with Crippen molar-refractivity contribution >= 4 is 11.9 Å². The minimum atomic E-state index is -0.983. The van der Waals surface area contributed by atoms with Crippen molar-refractivity contribution in [1.82, 2.24) is 5.32 Å². The second kappa shape index (κ2) is 8.39. The number of esters is 1. The summed E-state index contributed by atoms with van der Waals surface area (Å²) in [5, 5.41) is 2.68. The molecular formula is C19H18FNO6. The summed E-state index contributed by atoms with van der Waals surface area (Å²) in [7, 11) is 0. The smallest absolute Gasteiger partial charge is 0.344 e. The van der Waals surface area contributed by atoms with Crippen molar-refractivity contribution in [1.29, 1.82) is 0 Å². The highest BCUT2D eigenvalue weighted by Crippen LogP contribution is 2.32. The SMILES string of the molecule is C[C@H](OC(=O)COc1ccc(F)cc1)C(=O)NCc1ccc2c(c1)OCO2. The molecule has 142 valence electrons. The molecule has 1 amide bonds. The van der Waals surface area contributed by atoms with Gasteiger partial charge in [0, 0.05) is 6.54 Å². The van der Waals surface area contributed by atoms with E-state index in [4.69, 9.17) is 18.9 Å². The maximum absolute atomic E-state index is 12.8. The van der Waals surface area contributed by atoms with Gasteiger partial charge in [0.2, 0.25) is 6.79 Å². The lowest BCUT2D eigenvalue weighted by molar-refractivity contribution is -0.156. The molecule has 1 aliphatic heterocycles. The zero-order chi connectivity index (χ0) is 19.2. The molecule has 1 atom stereocenters. The third kappa shape index (κ3) is 5.10. The minimum absolute atomic E-state index is 0.179. The van der Waals surface area contributed by atoms with Crippen LogP contribution < -0.4 is 19.5 Å². The molecule has 1 N–H and O–H groups in total. The molecule has 7 nitrogen and oxygen atoms in total. The topological polar surface area (TPSA) is 83.1 Å². The highest BCUT2D eigenvalue weighted by Gasteiger charge is 2.19. The summed E-state index contributed by atoms with van der Waals surface area (Å²) in [6, 6.07) is 10.6. The van der Waals surface area contributed by atoms with Crippen LogP contribution in [0.2, 0.25) is 0 Å². The Morgan fingerprint density at radius 1 is 1.15 bits per heavy atom. The first-order chi connectivity index (χ1) is 13.0. The zero-order valence-electron chi connectivity index (χ0n) is 14.6. The Hall–Kier alpha value is -3.29. The molecule has 0 fully saturated rings. The molecule has 1 aliphatic rings. The first-order valence-electron chi connectivity index (χ1n) is 8.25. The van der Waals surface area contributed by atoms with Gasteiger partial charge in [0.1, 0.15) is 11.6 Å². The monoisotopic (exact) mass is 375 g/mol. The molecule has 0 aliphatic carbocycles. The fourth-order valence-electron chi connectivity index (χ4n) is 2.34. The fraction of sp³-hybridized carbons (Fsp3) is 0.263. The van der Waals surface area contributed by atoms with Crippen LogP contribution in [0.1, 0.15) is 12.5 Å². The van der Waals surface area contributed by atoms with Crippen LogP contribution in [0.5, 0.6) is 17.2 Å². The van der Waals surface area contributed by atoms with Crippen LogP contribution in [0.15, 0.2) is 42.5 Å². The molecule has 27 heavy (non-hydrogen) atoms. The number of hydrogen-bond acceptors (Lipinski definition) is 6. The lowest BCUT2D eigenvalue weighted by Gasteiger charge is -2.14. The van der Waals surface area contributed by atoms with Gasteiger partial charge in [0.05, 0.1) is 0 Å². The molecule has 0 spiro atoms. The predicted molar refractivity (Wildman–Crippen MR) is 91.9 cm³/mol. The molecule has 8 heteroatoms. The van der Waals surface area contributed by atoms with Gasteiger partial charge in [0.15, 0.2) is 24.2 Å². The third-order valence-electron chi connectivity index (χ3n) is 3.75. The van der Waals surface area contributed by atoms with Crippen molar-refractivity contribution in [3.8, 4) is 17.2 Å². The molecular weight excluding hydrogens is 357 g/mol. The standard InChI is InChI=1S/C19H18FNO6/c1-12(27-18(22)10-24-15-5-3-14(20)4-6-15)19(23)21-9-13-2-7-16-17(8-13)26-11-25-16/h2-8,12H,9-11H2,1H3,(H,21,23)/t12-/m0/s1. The van der Waals surface area contributed by atoms with Gasteiger partial charge in [-0.3, -0.25) is 4.79 Å².